The van der Waals surface area contributed by atoms with Crippen molar-refractivity contribution in [2.45, 2.75) is 25.3 Å². The summed E-state index contributed by atoms with van der Waals surface area (Å²) >= 11 is 0. The summed E-state index contributed by atoms with van der Waals surface area (Å²) in [4.78, 5) is 0. The molecule has 0 radical (unpaired) electrons. The second-order valence-electron chi connectivity index (χ2n) is 4.31. The van der Waals surface area contributed by atoms with Crippen molar-refractivity contribution < 1.29 is 0 Å². The molecular weight excluding hydrogens is 198 g/mol. The summed E-state index contributed by atoms with van der Waals surface area (Å²) in [6, 6.07) is 10.8. The highest BCUT2D eigenvalue weighted by Crippen LogP contribution is 2.33. The largest absolute Gasteiger partial charge is 0.384 e. The molecule has 3 heteroatoms. The predicted molar refractivity (Wildman–Crippen MR) is 64.2 cm³/mol. The van der Waals surface area contributed by atoms with Crippen molar-refractivity contribution in [3.63, 3.8) is 0 Å². The van der Waals surface area contributed by atoms with Gasteiger partial charge in [-0.2, -0.15) is 5.10 Å². The molecule has 0 amide bonds. The first-order valence-corrected chi connectivity index (χ1v) is 5.73. The Balaban J connectivity index is 2.08. The number of nitrogens with zero attached hydrogens (tertiary/aromatic N) is 2. The molecule has 3 rings (SSSR count). The molecule has 1 atom stereocenters. The fourth-order valence-corrected chi connectivity index (χ4v) is 2.57. The lowest BCUT2D eigenvalue weighted by atomic mass is 9.88. The predicted octanol–water partition coefficient (Wildman–Crippen LogP) is 2.39. The van der Waals surface area contributed by atoms with Gasteiger partial charge in [-0.15, -0.1) is 0 Å². The molecule has 1 aliphatic rings. The van der Waals surface area contributed by atoms with Crippen LogP contribution in [-0.4, -0.2) is 9.78 Å². The molecular formula is C13H15N3. The van der Waals surface area contributed by atoms with E-state index in [-0.39, 0.29) is 0 Å². The van der Waals surface area contributed by atoms with Crippen LogP contribution < -0.4 is 5.73 Å². The van der Waals surface area contributed by atoms with E-state index in [4.69, 9.17) is 5.73 Å². The summed E-state index contributed by atoms with van der Waals surface area (Å²) in [5, 5.41) is 4.33. The maximum absolute atomic E-state index is 5.93. The number of benzene rings is 1. The Labute approximate surface area is 94.9 Å². The SMILES string of the molecule is Nc1ccnn1[C@@H]1CCCc2ccccc21. The van der Waals surface area contributed by atoms with Crippen LogP contribution in [0.2, 0.25) is 0 Å². The molecule has 1 heterocycles. The molecule has 0 spiro atoms. The lowest BCUT2D eigenvalue weighted by Gasteiger charge is -2.26. The van der Waals surface area contributed by atoms with E-state index < -0.39 is 0 Å². The minimum Gasteiger partial charge on any atom is -0.384 e. The fourth-order valence-electron chi connectivity index (χ4n) is 2.57. The molecule has 0 bridgehead atoms. The average molecular weight is 213 g/mol. The Hall–Kier alpha value is -1.77. The van der Waals surface area contributed by atoms with Crippen LogP contribution >= 0.6 is 0 Å². The van der Waals surface area contributed by atoms with Crippen LogP contribution in [0.4, 0.5) is 5.82 Å². The van der Waals surface area contributed by atoms with Gasteiger partial charge in [0.15, 0.2) is 0 Å². The zero-order chi connectivity index (χ0) is 11.0. The number of aromatic nitrogens is 2. The number of hydrogen-bond acceptors (Lipinski definition) is 2. The highest BCUT2D eigenvalue weighted by Gasteiger charge is 2.22. The summed E-state index contributed by atoms with van der Waals surface area (Å²) in [6.45, 7) is 0. The number of anilines is 1. The maximum Gasteiger partial charge on any atom is 0.122 e. The van der Waals surface area contributed by atoms with Gasteiger partial charge < -0.3 is 5.73 Å². The molecule has 2 N–H and O–H groups in total. The van der Waals surface area contributed by atoms with E-state index in [2.05, 4.69) is 29.4 Å². The third-order valence-corrected chi connectivity index (χ3v) is 3.33. The van der Waals surface area contributed by atoms with Gasteiger partial charge >= 0.3 is 0 Å². The Bertz CT molecular complexity index is 501. The van der Waals surface area contributed by atoms with E-state index in [9.17, 15) is 0 Å². The molecule has 2 aromatic rings. The van der Waals surface area contributed by atoms with Crippen molar-refractivity contribution in [3.05, 3.63) is 47.7 Å². The number of nitrogen functional groups attached to an aromatic ring is 1. The van der Waals surface area contributed by atoms with E-state index >= 15 is 0 Å². The van der Waals surface area contributed by atoms with Crippen LogP contribution in [0.25, 0.3) is 0 Å². The maximum atomic E-state index is 5.93. The number of nitrogens with two attached hydrogens (primary N) is 1. The molecule has 1 aromatic carbocycles. The van der Waals surface area contributed by atoms with Crippen LogP contribution in [0, 0.1) is 0 Å². The Morgan fingerprint density at radius 1 is 1.25 bits per heavy atom. The zero-order valence-corrected chi connectivity index (χ0v) is 9.13. The molecule has 0 aliphatic heterocycles. The van der Waals surface area contributed by atoms with E-state index in [0.717, 1.165) is 12.2 Å². The van der Waals surface area contributed by atoms with Gasteiger partial charge in [0.1, 0.15) is 5.82 Å². The summed E-state index contributed by atoms with van der Waals surface area (Å²) < 4.78 is 1.94. The molecule has 82 valence electrons. The smallest absolute Gasteiger partial charge is 0.122 e. The number of hydrogen-bond donors (Lipinski definition) is 1. The van der Waals surface area contributed by atoms with Crippen LogP contribution in [0.5, 0.6) is 0 Å². The van der Waals surface area contributed by atoms with Crippen molar-refractivity contribution in [3.8, 4) is 0 Å². The number of fused-ring (bicyclic) bond motifs is 1. The van der Waals surface area contributed by atoms with Gasteiger partial charge in [-0.1, -0.05) is 24.3 Å². The van der Waals surface area contributed by atoms with Crippen LogP contribution in [0.1, 0.15) is 30.0 Å². The van der Waals surface area contributed by atoms with E-state index in [1.165, 1.54) is 24.0 Å². The monoisotopic (exact) mass is 213 g/mol. The third-order valence-electron chi connectivity index (χ3n) is 3.33. The molecule has 0 saturated heterocycles. The van der Waals surface area contributed by atoms with Crippen molar-refractivity contribution in [1.82, 2.24) is 9.78 Å². The van der Waals surface area contributed by atoms with E-state index in [0.29, 0.717) is 6.04 Å². The fraction of sp³-hybridized carbons (Fsp3) is 0.308. The van der Waals surface area contributed by atoms with Gasteiger partial charge in [-0.3, -0.25) is 0 Å². The first kappa shape index (κ1) is 9.46. The normalized spacial score (nSPS) is 19.4. The Morgan fingerprint density at radius 3 is 2.94 bits per heavy atom. The second kappa shape index (κ2) is 3.67. The molecule has 0 saturated carbocycles. The van der Waals surface area contributed by atoms with Gasteiger partial charge in [0, 0.05) is 0 Å². The molecule has 0 unspecified atom stereocenters. The zero-order valence-electron chi connectivity index (χ0n) is 9.13. The summed E-state index contributed by atoms with van der Waals surface area (Å²) in [5.74, 6) is 0.752. The van der Waals surface area contributed by atoms with Gasteiger partial charge in [0.2, 0.25) is 0 Å². The molecule has 0 fully saturated rings. The standard InChI is InChI=1S/C13H15N3/c14-13-8-9-15-16(13)12-7-3-5-10-4-1-2-6-11(10)12/h1-2,4,6,8-9,12H,3,5,7,14H2/t12-/m1/s1. The van der Waals surface area contributed by atoms with Crippen molar-refractivity contribution in [1.29, 1.82) is 0 Å². The summed E-state index contributed by atoms with van der Waals surface area (Å²) in [6.07, 6.45) is 5.28. The minimum absolute atomic E-state index is 0.319. The first-order chi connectivity index (χ1) is 7.86. The van der Waals surface area contributed by atoms with Gasteiger partial charge in [0.05, 0.1) is 12.2 Å². The lowest BCUT2D eigenvalue weighted by Crippen LogP contribution is -2.19. The molecule has 1 aliphatic carbocycles. The highest BCUT2D eigenvalue weighted by atomic mass is 15.3. The van der Waals surface area contributed by atoms with Crippen LogP contribution in [0.3, 0.4) is 0 Å². The van der Waals surface area contributed by atoms with Crippen molar-refractivity contribution >= 4 is 5.82 Å². The highest BCUT2D eigenvalue weighted by molar-refractivity contribution is 5.36. The molecule has 1 aromatic heterocycles. The number of rotatable bonds is 1. The van der Waals surface area contributed by atoms with Crippen molar-refractivity contribution in [2.75, 3.05) is 5.73 Å². The van der Waals surface area contributed by atoms with Gasteiger partial charge in [-0.05, 0) is 36.5 Å². The quantitative estimate of drug-likeness (QED) is 0.790. The summed E-state index contributed by atoms with van der Waals surface area (Å²) in [5.41, 5.74) is 8.75. The van der Waals surface area contributed by atoms with E-state index in [1.807, 2.05) is 10.7 Å². The molecule has 16 heavy (non-hydrogen) atoms. The van der Waals surface area contributed by atoms with Gasteiger partial charge in [-0.25, -0.2) is 4.68 Å². The average Bonchev–Trinajstić information content (AvgIpc) is 2.75. The first-order valence-electron chi connectivity index (χ1n) is 5.73. The lowest BCUT2D eigenvalue weighted by molar-refractivity contribution is 0.456. The number of aryl methyl sites for hydroxylation is 1. The Morgan fingerprint density at radius 2 is 2.12 bits per heavy atom. The summed E-state index contributed by atoms with van der Waals surface area (Å²) in [7, 11) is 0. The topological polar surface area (TPSA) is 43.8 Å². The van der Waals surface area contributed by atoms with Crippen LogP contribution in [-0.2, 0) is 6.42 Å². The third kappa shape index (κ3) is 1.40. The molecule has 3 nitrogen and oxygen atoms in total. The second-order valence-corrected chi connectivity index (χ2v) is 4.31. The van der Waals surface area contributed by atoms with Gasteiger partial charge in [0.25, 0.3) is 0 Å². The van der Waals surface area contributed by atoms with Crippen molar-refractivity contribution in [2.24, 2.45) is 0 Å². The minimum atomic E-state index is 0.319. The van der Waals surface area contributed by atoms with Crippen LogP contribution in [0.15, 0.2) is 36.5 Å². The Kier molecular flexibility index (Phi) is 2.17. The van der Waals surface area contributed by atoms with E-state index in [1.54, 1.807) is 6.20 Å².